The Labute approximate surface area is 142 Å². The molecule has 3 atom stereocenters. The maximum atomic E-state index is 12.3. The van der Waals surface area contributed by atoms with Crippen LogP contribution in [0.4, 0.5) is 4.79 Å². The van der Waals surface area contributed by atoms with Crippen LogP contribution in [-0.2, 0) is 9.53 Å². The van der Waals surface area contributed by atoms with Crippen molar-refractivity contribution in [3.63, 3.8) is 0 Å². The van der Waals surface area contributed by atoms with E-state index in [-0.39, 0.29) is 25.0 Å². The molecule has 0 aliphatic carbocycles. The number of carboxylic acids is 1. The Morgan fingerprint density at radius 3 is 2.29 bits per heavy atom. The summed E-state index contributed by atoms with van der Waals surface area (Å²) in [5.41, 5.74) is -3.23. The lowest BCUT2D eigenvalue weighted by molar-refractivity contribution is -0.174. The molecule has 136 valence electrons. The minimum absolute atomic E-state index is 0.00713. The fraction of sp³-hybridized carbons (Fsp3) is 0.882. The highest BCUT2D eigenvalue weighted by molar-refractivity contribution is 5.79. The molecule has 3 aliphatic rings. The Morgan fingerprint density at radius 2 is 1.79 bits per heavy atom. The van der Waals surface area contributed by atoms with Crippen molar-refractivity contribution in [3.8, 4) is 0 Å². The van der Waals surface area contributed by atoms with Crippen LogP contribution in [0.25, 0.3) is 0 Å². The topological polar surface area (TPSA) is 99.1 Å². The first kappa shape index (κ1) is 17.5. The van der Waals surface area contributed by atoms with E-state index in [0.717, 1.165) is 12.8 Å². The van der Waals surface area contributed by atoms with Gasteiger partial charge in [0.05, 0.1) is 5.60 Å². The molecule has 2 bridgehead atoms. The normalized spacial score (nSPS) is 39.1. The van der Waals surface area contributed by atoms with E-state index in [9.17, 15) is 19.8 Å². The van der Waals surface area contributed by atoms with Gasteiger partial charge in [0.15, 0.2) is 0 Å². The van der Waals surface area contributed by atoms with Gasteiger partial charge in [-0.2, -0.15) is 0 Å². The lowest BCUT2D eigenvalue weighted by Crippen LogP contribution is -2.61. The number of rotatable bonds is 2. The summed E-state index contributed by atoms with van der Waals surface area (Å²) in [6.07, 6.45) is 2.55. The van der Waals surface area contributed by atoms with E-state index in [1.807, 2.05) is 0 Å². The summed E-state index contributed by atoms with van der Waals surface area (Å²) < 4.78 is 5.37. The molecule has 1 amide bonds. The van der Waals surface area contributed by atoms with E-state index < -0.39 is 28.7 Å². The smallest absolute Gasteiger partial charge is 0.410 e. The summed E-state index contributed by atoms with van der Waals surface area (Å²) in [6, 6.07) is 0.334. The van der Waals surface area contributed by atoms with Crippen molar-refractivity contribution in [3.05, 3.63) is 0 Å². The number of ether oxygens (including phenoxy) is 1. The Bertz CT molecular complexity index is 532. The van der Waals surface area contributed by atoms with E-state index >= 15 is 0 Å². The molecule has 0 spiro atoms. The first-order chi connectivity index (χ1) is 11.0. The number of nitrogens with one attached hydrogen (secondary N) is 1. The van der Waals surface area contributed by atoms with Crippen LogP contribution in [-0.4, -0.2) is 63.6 Å². The molecule has 24 heavy (non-hydrogen) atoms. The molecule has 0 aromatic carbocycles. The summed E-state index contributed by atoms with van der Waals surface area (Å²) >= 11 is 0. The zero-order valence-electron chi connectivity index (χ0n) is 14.7. The Morgan fingerprint density at radius 1 is 1.21 bits per heavy atom. The van der Waals surface area contributed by atoms with Crippen molar-refractivity contribution >= 4 is 12.1 Å². The Balaban J connectivity index is 1.81. The molecule has 3 heterocycles. The van der Waals surface area contributed by atoms with E-state index in [2.05, 4.69) is 5.32 Å². The van der Waals surface area contributed by atoms with E-state index in [0.29, 0.717) is 19.4 Å². The molecule has 3 rings (SSSR count). The molecule has 0 aromatic heterocycles. The number of carboxylic acid groups (broad SMARTS) is 1. The molecule has 7 heteroatoms. The third-order valence-corrected chi connectivity index (χ3v) is 5.72. The van der Waals surface area contributed by atoms with Crippen LogP contribution in [0.2, 0.25) is 0 Å². The van der Waals surface area contributed by atoms with Crippen LogP contribution in [0.15, 0.2) is 0 Å². The van der Waals surface area contributed by atoms with Gasteiger partial charge in [-0.3, -0.25) is 4.79 Å². The fourth-order valence-corrected chi connectivity index (χ4v) is 4.56. The average Bonchev–Trinajstić information content (AvgIpc) is 3.02. The van der Waals surface area contributed by atoms with Crippen molar-refractivity contribution in [2.75, 3.05) is 13.1 Å². The molecule has 0 aromatic rings. The van der Waals surface area contributed by atoms with Crippen LogP contribution >= 0.6 is 0 Å². The Hall–Kier alpha value is -1.34. The van der Waals surface area contributed by atoms with E-state index in [4.69, 9.17) is 4.74 Å². The van der Waals surface area contributed by atoms with Gasteiger partial charge in [0.2, 0.25) is 0 Å². The van der Waals surface area contributed by atoms with Crippen LogP contribution in [0, 0.1) is 5.41 Å². The molecule has 3 unspecified atom stereocenters. The highest BCUT2D eigenvalue weighted by Gasteiger charge is 2.63. The van der Waals surface area contributed by atoms with Crippen LogP contribution in [0.3, 0.4) is 0 Å². The first-order valence-corrected chi connectivity index (χ1v) is 8.74. The molecule has 3 N–H and O–H groups in total. The predicted molar refractivity (Wildman–Crippen MR) is 86.6 cm³/mol. The van der Waals surface area contributed by atoms with Crippen molar-refractivity contribution in [2.45, 2.75) is 76.2 Å². The summed E-state index contributed by atoms with van der Waals surface area (Å²) in [4.78, 5) is 25.9. The van der Waals surface area contributed by atoms with Gasteiger partial charge in [-0.05, 0) is 52.9 Å². The highest BCUT2D eigenvalue weighted by Crippen LogP contribution is 2.50. The van der Waals surface area contributed by atoms with Crippen LogP contribution < -0.4 is 5.32 Å². The third kappa shape index (κ3) is 2.88. The van der Waals surface area contributed by atoms with Crippen molar-refractivity contribution in [2.24, 2.45) is 5.41 Å². The number of hydrogen-bond donors (Lipinski definition) is 3. The number of carbonyl (C=O) groups is 2. The predicted octanol–water partition coefficient (Wildman–Crippen LogP) is 1.34. The zero-order valence-corrected chi connectivity index (χ0v) is 14.7. The summed E-state index contributed by atoms with van der Waals surface area (Å²) in [6.45, 7) is 5.65. The SMILES string of the molecule is CC(C)(C)OC(=O)N1CCC(C(=O)O)(C2(O)CC3CCC(C2)N3)C1. The number of nitrogens with zero attached hydrogens (tertiary/aromatic N) is 1. The van der Waals surface area contributed by atoms with Gasteiger partial charge in [-0.15, -0.1) is 0 Å². The van der Waals surface area contributed by atoms with Gasteiger partial charge in [0.1, 0.15) is 11.0 Å². The molecule has 3 aliphatic heterocycles. The number of fused-ring (bicyclic) bond motifs is 2. The third-order valence-electron chi connectivity index (χ3n) is 5.72. The second kappa shape index (κ2) is 5.59. The highest BCUT2D eigenvalue weighted by atomic mass is 16.6. The second-order valence-electron chi connectivity index (χ2n) is 8.62. The standard InChI is InChI=1S/C17H28N2O5/c1-15(2,3)24-14(22)19-7-6-16(10-19,13(20)21)17(23)8-11-4-5-12(9-17)18-11/h11-12,18,23H,4-10H2,1-3H3,(H,20,21). The lowest BCUT2D eigenvalue weighted by Gasteiger charge is -2.46. The average molecular weight is 340 g/mol. The molecule has 7 nitrogen and oxygen atoms in total. The van der Waals surface area contributed by atoms with Crippen LogP contribution in [0.5, 0.6) is 0 Å². The quantitative estimate of drug-likeness (QED) is 0.702. The maximum absolute atomic E-state index is 12.3. The fourth-order valence-electron chi connectivity index (χ4n) is 4.56. The molecule has 0 saturated carbocycles. The number of piperidine rings is 1. The van der Waals surface area contributed by atoms with Gasteiger partial charge >= 0.3 is 12.1 Å². The monoisotopic (exact) mass is 340 g/mol. The number of hydrogen-bond acceptors (Lipinski definition) is 5. The number of aliphatic carboxylic acids is 1. The first-order valence-electron chi connectivity index (χ1n) is 8.74. The van der Waals surface area contributed by atoms with Crippen molar-refractivity contribution < 1.29 is 24.5 Å². The van der Waals surface area contributed by atoms with Gasteiger partial charge in [-0.1, -0.05) is 0 Å². The molecule has 3 fully saturated rings. The van der Waals surface area contributed by atoms with Gasteiger partial charge < -0.3 is 25.2 Å². The van der Waals surface area contributed by atoms with Crippen LogP contribution in [0.1, 0.15) is 52.9 Å². The minimum Gasteiger partial charge on any atom is -0.481 e. The maximum Gasteiger partial charge on any atom is 0.410 e. The number of likely N-dealkylation sites (tertiary alicyclic amines) is 1. The minimum atomic E-state index is -1.31. The largest absolute Gasteiger partial charge is 0.481 e. The second-order valence-corrected chi connectivity index (χ2v) is 8.62. The van der Waals surface area contributed by atoms with E-state index in [1.165, 1.54) is 4.90 Å². The number of aliphatic hydroxyl groups is 1. The van der Waals surface area contributed by atoms with Gasteiger partial charge in [-0.25, -0.2) is 4.79 Å². The lowest BCUT2D eigenvalue weighted by atomic mass is 9.65. The summed E-state index contributed by atoms with van der Waals surface area (Å²) in [5, 5.41) is 24.7. The Kier molecular flexibility index (Phi) is 4.07. The molecular weight excluding hydrogens is 312 g/mol. The molecule has 0 radical (unpaired) electrons. The zero-order chi connectivity index (χ0) is 17.8. The summed E-state index contributed by atoms with van der Waals surface area (Å²) in [5.74, 6) is -1.02. The van der Waals surface area contributed by atoms with Gasteiger partial charge in [0, 0.05) is 25.2 Å². The summed E-state index contributed by atoms with van der Waals surface area (Å²) in [7, 11) is 0. The number of carbonyl (C=O) groups excluding carboxylic acids is 1. The van der Waals surface area contributed by atoms with Gasteiger partial charge in [0.25, 0.3) is 0 Å². The van der Waals surface area contributed by atoms with Crippen molar-refractivity contribution in [1.29, 1.82) is 0 Å². The number of amides is 1. The molecule has 3 saturated heterocycles. The molecular formula is C17H28N2O5. The van der Waals surface area contributed by atoms with E-state index in [1.54, 1.807) is 20.8 Å². The van der Waals surface area contributed by atoms with Crippen molar-refractivity contribution in [1.82, 2.24) is 10.2 Å².